The van der Waals surface area contributed by atoms with Gasteiger partial charge in [0.1, 0.15) is 11.5 Å². The van der Waals surface area contributed by atoms with Gasteiger partial charge in [0.2, 0.25) is 0 Å². The van der Waals surface area contributed by atoms with Crippen LogP contribution in [0.5, 0.6) is 0 Å². The van der Waals surface area contributed by atoms with Crippen LogP contribution in [0.1, 0.15) is 19.8 Å². The fraction of sp³-hybridized carbons (Fsp3) is 0.571. The van der Waals surface area contributed by atoms with E-state index in [9.17, 15) is 14.5 Å². The van der Waals surface area contributed by atoms with Gasteiger partial charge < -0.3 is 10.2 Å². The van der Waals surface area contributed by atoms with Gasteiger partial charge in [0.25, 0.3) is 5.69 Å². The van der Waals surface area contributed by atoms with E-state index in [1.54, 1.807) is 0 Å². The lowest BCUT2D eigenvalue weighted by atomic mass is 9.98. The molecule has 1 atom stereocenters. The van der Waals surface area contributed by atoms with Crippen molar-refractivity contribution >= 4 is 23.0 Å². The Morgan fingerprint density at radius 1 is 1.57 bits per heavy atom. The fourth-order valence-corrected chi connectivity index (χ4v) is 2.87. The first-order valence-corrected chi connectivity index (χ1v) is 7.49. The molecule has 7 heteroatoms. The third-order valence-corrected chi connectivity index (χ3v) is 4.10. The summed E-state index contributed by atoms with van der Waals surface area (Å²) in [6.45, 7) is 5.16. The number of piperidine rings is 1. The highest BCUT2D eigenvalue weighted by atomic mass is 35.5. The molecule has 1 fully saturated rings. The van der Waals surface area contributed by atoms with Crippen molar-refractivity contribution in [3.8, 4) is 0 Å². The maximum absolute atomic E-state index is 13.5. The second kappa shape index (κ2) is 7.04. The average molecular weight is 316 g/mol. The number of anilines is 1. The molecule has 2 rings (SSSR count). The highest BCUT2D eigenvalue weighted by Crippen LogP contribution is 2.34. The molecule has 1 unspecified atom stereocenters. The molecule has 0 saturated carbocycles. The molecule has 0 spiro atoms. The summed E-state index contributed by atoms with van der Waals surface area (Å²) < 4.78 is 13.5. The largest absolute Gasteiger partial charge is 0.366 e. The van der Waals surface area contributed by atoms with Gasteiger partial charge in [-0.2, -0.15) is 0 Å². The Kier molecular flexibility index (Phi) is 5.36. The van der Waals surface area contributed by atoms with E-state index in [0.717, 1.165) is 32.0 Å². The van der Waals surface area contributed by atoms with Gasteiger partial charge in [-0.1, -0.05) is 11.6 Å². The molecule has 1 aliphatic rings. The Morgan fingerprint density at radius 3 is 2.90 bits per heavy atom. The molecule has 1 aromatic rings. The molecular weight excluding hydrogens is 297 g/mol. The van der Waals surface area contributed by atoms with Crippen LogP contribution in [0.2, 0.25) is 5.02 Å². The summed E-state index contributed by atoms with van der Waals surface area (Å²) in [6.07, 6.45) is 2.20. The maximum atomic E-state index is 13.5. The highest BCUT2D eigenvalue weighted by molar-refractivity contribution is 6.31. The smallest absolute Gasteiger partial charge is 0.295 e. The van der Waals surface area contributed by atoms with E-state index < -0.39 is 10.7 Å². The van der Waals surface area contributed by atoms with E-state index in [4.69, 9.17) is 11.6 Å². The number of halogens is 2. The first kappa shape index (κ1) is 16.0. The van der Waals surface area contributed by atoms with Gasteiger partial charge >= 0.3 is 0 Å². The van der Waals surface area contributed by atoms with Gasteiger partial charge in [-0.15, -0.1) is 0 Å². The molecule has 0 aromatic heterocycles. The van der Waals surface area contributed by atoms with E-state index in [1.807, 2.05) is 11.8 Å². The Bertz CT molecular complexity index is 521. The lowest BCUT2D eigenvalue weighted by molar-refractivity contribution is -0.384. The van der Waals surface area contributed by atoms with Crippen molar-refractivity contribution in [2.24, 2.45) is 5.92 Å². The molecule has 21 heavy (non-hydrogen) atoms. The SMILES string of the molecule is CCN(CC1CCCNC1)c1cc(Cl)c(F)cc1[N+](=O)[O-]. The lowest BCUT2D eigenvalue weighted by Gasteiger charge is -2.30. The van der Waals surface area contributed by atoms with Crippen LogP contribution < -0.4 is 10.2 Å². The van der Waals surface area contributed by atoms with Crippen LogP contribution in [0.25, 0.3) is 0 Å². The lowest BCUT2D eigenvalue weighted by Crippen LogP contribution is -2.38. The first-order valence-electron chi connectivity index (χ1n) is 7.12. The van der Waals surface area contributed by atoms with Gasteiger partial charge in [-0.3, -0.25) is 10.1 Å². The summed E-state index contributed by atoms with van der Waals surface area (Å²) in [6, 6.07) is 2.26. The van der Waals surface area contributed by atoms with E-state index >= 15 is 0 Å². The van der Waals surface area contributed by atoms with Crippen LogP contribution >= 0.6 is 11.6 Å². The molecule has 116 valence electrons. The summed E-state index contributed by atoms with van der Waals surface area (Å²) in [5, 5.41) is 14.4. The second-order valence-electron chi connectivity index (χ2n) is 5.26. The summed E-state index contributed by atoms with van der Waals surface area (Å²) in [4.78, 5) is 12.5. The quantitative estimate of drug-likeness (QED) is 0.669. The molecule has 1 aliphatic heterocycles. The average Bonchev–Trinajstić information content (AvgIpc) is 2.48. The summed E-state index contributed by atoms with van der Waals surface area (Å²) in [7, 11) is 0. The fourth-order valence-electron chi connectivity index (χ4n) is 2.71. The standard InChI is InChI=1S/C14H19ClFN3O2/c1-2-18(9-10-4-3-5-17-8-10)13-6-11(15)12(16)7-14(13)19(20)21/h6-7,10,17H,2-5,8-9H2,1H3. The predicted molar refractivity (Wildman–Crippen MR) is 81.5 cm³/mol. The van der Waals surface area contributed by atoms with Crippen molar-refractivity contribution in [2.75, 3.05) is 31.1 Å². The molecular formula is C14H19ClFN3O2. The molecule has 1 aromatic carbocycles. The molecule has 0 aliphatic carbocycles. The second-order valence-corrected chi connectivity index (χ2v) is 5.67. The van der Waals surface area contributed by atoms with Gasteiger partial charge in [0.15, 0.2) is 0 Å². The number of rotatable bonds is 5. The number of nitro benzene ring substituents is 1. The van der Waals surface area contributed by atoms with Gasteiger partial charge in [-0.05, 0) is 44.8 Å². The van der Waals surface area contributed by atoms with Crippen molar-refractivity contribution < 1.29 is 9.31 Å². The van der Waals surface area contributed by atoms with E-state index in [-0.39, 0.29) is 10.7 Å². The summed E-state index contributed by atoms with van der Waals surface area (Å²) in [5.74, 6) is -0.329. The van der Waals surface area contributed by atoms with E-state index in [1.165, 1.54) is 6.07 Å². The van der Waals surface area contributed by atoms with Gasteiger partial charge in [0.05, 0.1) is 16.0 Å². The third-order valence-electron chi connectivity index (χ3n) is 3.81. The third kappa shape index (κ3) is 3.83. The number of hydrogen-bond donors (Lipinski definition) is 1. The molecule has 1 saturated heterocycles. The maximum Gasteiger partial charge on any atom is 0.295 e. The zero-order valence-electron chi connectivity index (χ0n) is 11.9. The topological polar surface area (TPSA) is 58.4 Å². The molecule has 0 radical (unpaired) electrons. The van der Waals surface area contributed by atoms with E-state index in [2.05, 4.69) is 5.32 Å². The van der Waals surface area contributed by atoms with Crippen molar-refractivity contribution in [1.82, 2.24) is 5.32 Å². The van der Waals surface area contributed by atoms with Crippen LogP contribution in [-0.4, -0.2) is 31.1 Å². The molecule has 5 nitrogen and oxygen atoms in total. The van der Waals surface area contributed by atoms with E-state index in [0.29, 0.717) is 24.7 Å². The number of nitro groups is 1. The molecule has 0 amide bonds. The minimum Gasteiger partial charge on any atom is -0.366 e. The molecule has 1 heterocycles. The van der Waals surface area contributed by atoms with Crippen LogP contribution in [-0.2, 0) is 0 Å². The zero-order valence-corrected chi connectivity index (χ0v) is 12.7. The Morgan fingerprint density at radius 2 is 2.33 bits per heavy atom. The molecule has 0 bridgehead atoms. The predicted octanol–water partition coefficient (Wildman–Crippen LogP) is 3.21. The Balaban J connectivity index is 2.27. The summed E-state index contributed by atoms with van der Waals surface area (Å²) in [5.41, 5.74) is 0.155. The minimum atomic E-state index is -0.762. The monoisotopic (exact) mass is 315 g/mol. The first-order chi connectivity index (χ1) is 10.0. The van der Waals surface area contributed by atoms with Crippen molar-refractivity contribution in [3.63, 3.8) is 0 Å². The van der Waals surface area contributed by atoms with Gasteiger partial charge in [-0.25, -0.2) is 4.39 Å². The van der Waals surface area contributed by atoms with Crippen molar-refractivity contribution in [2.45, 2.75) is 19.8 Å². The number of hydrogen-bond acceptors (Lipinski definition) is 4. The Labute approximate surface area is 128 Å². The van der Waals surface area contributed by atoms with Crippen LogP contribution in [0.3, 0.4) is 0 Å². The van der Waals surface area contributed by atoms with Crippen LogP contribution in [0, 0.1) is 21.8 Å². The number of nitrogens with zero attached hydrogens (tertiary/aromatic N) is 2. The summed E-state index contributed by atoms with van der Waals surface area (Å²) >= 11 is 5.80. The van der Waals surface area contributed by atoms with Crippen molar-refractivity contribution in [3.05, 3.63) is 33.1 Å². The minimum absolute atomic E-state index is 0.0872. The zero-order chi connectivity index (χ0) is 15.4. The Hall–Kier alpha value is -1.40. The normalized spacial score (nSPS) is 18.5. The molecule has 1 N–H and O–H groups in total. The number of nitrogens with one attached hydrogen (secondary N) is 1. The van der Waals surface area contributed by atoms with Crippen molar-refractivity contribution in [1.29, 1.82) is 0 Å². The number of benzene rings is 1. The highest BCUT2D eigenvalue weighted by Gasteiger charge is 2.24. The van der Waals surface area contributed by atoms with Crippen LogP contribution in [0.15, 0.2) is 12.1 Å². The van der Waals surface area contributed by atoms with Gasteiger partial charge in [0, 0.05) is 13.1 Å². The van der Waals surface area contributed by atoms with Crippen LogP contribution in [0.4, 0.5) is 15.8 Å².